The Hall–Kier alpha value is -1.82. The van der Waals surface area contributed by atoms with Crippen molar-refractivity contribution in [1.29, 1.82) is 0 Å². The molecule has 0 aromatic rings. The van der Waals surface area contributed by atoms with Crippen molar-refractivity contribution in [3.8, 4) is 0 Å². The molecule has 0 aromatic carbocycles. The molecule has 40 heavy (non-hydrogen) atoms. The van der Waals surface area contributed by atoms with Crippen molar-refractivity contribution < 1.29 is 49.0 Å². The number of carbonyl (C=O) groups is 2. The summed E-state index contributed by atoms with van der Waals surface area (Å²) in [5.41, 5.74) is -2.55. The monoisotopic (exact) mass is 566 g/mol. The molecule has 3 saturated heterocycles. The zero-order chi connectivity index (χ0) is 29.0. The molecule has 4 heterocycles. The topological polar surface area (TPSA) is 152 Å². The number of aliphatic hydroxyl groups excluding tert-OH is 3. The smallest absolute Gasteiger partial charge is 0.345 e. The first-order valence-corrected chi connectivity index (χ1v) is 14.8. The van der Waals surface area contributed by atoms with E-state index in [0.717, 1.165) is 0 Å². The second kappa shape index (κ2) is 13.4. The van der Waals surface area contributed by atoms with Gasteiger partial charge in [0.1, 0.15) is 18.3 Å². The number of carbonyl (C=O) groups excluding carboxylic acids is 2. The van der Waals surface area contributed by atoms with Gasteiger partial charge in [0.2, 0.25) is 5.60 Å². The van der Waals surface area contributed by atoms with Gasteiger partial charge in [0, 0.05) is 19.3 Å². The zero-order valence-corrected chi connectivity index (χ0v) is 23.8. The largest absolute Gasteiger partial charge is 0.458 e. The van der Waals surface area contributed by atoms with Crippen LogP contribution in [-0.2, 0) is 28.5 Å². The third kappa shape index (κ3) is 7.14. The molecular formula is C30H46O10. The van der Waals surface area contributed by atoms with Crippen LogP contribution in [0.25, 0.3) is 0 Å². The SMILES string of the molecule is CCCC(=O)O[C@H]1C[C@H]2C[C@@H](O)C[C@@H](C[C@@H](C)/C=C\C=C/C[C@H]3O[C@H](C[C@H]3C)[C@H](O)C[C@H]3OC(=O)[C@@]1(O)[C@H]3O)O2. The Morgan fingerprint density at radius 3 is 2.42 bits per heavy atom. The maximum Gasteiger partial charge on any atom is 0.345 e. The molecule has 4 aliphatic rings. The fourth-order valence-corrected chi connectivity index (χ4v) is 6.46. The lowest BCUT2D eigenvalue weighted by molar-refractivity contribution is -0.194. The van der Waals surface area contributed by atoms with E-state index in [1.54, 1.807) is 6.92 Å². The van der Waals surface area contributed by atoms with E-state index < -0.39 is 60.3 Å². The van der Waals surface area contributed by atoms with Crippen LogP contribution >= 0.6 is 0 Å². The number of ether oxygens (including phenoxy) is 4. The minimum absolute atomic E-state index is 0.0628. The van der Waals surface area contributed by atoms with E-state index in [-0.39, 0.29) is 49.7 Å². The maximum atomic E-state index is 13.1. The van der Waals surface area contributed by atoms with Crippen molar-refractivity contribution in [3.63, 3.8) is 0 Å². The second-order valence-electron chi connectivity index (χ2n) is 12.2. The Labute approximate surface area is 236 Å². The summed E-state index contributed by atoms with van der Waals surface area (Å²) in [6, 6.07) is 0. The highest BCUT2D eigenvalue weighted by Crippen LogP contribution is 2.39. The number of hydrogen-bond donors (Lipinski definition) is 4. The summed E-state index contributed by atoms with van der Waals surface area (Å²) in [7, 11) is 0. The number of allylic oxidation sites excluding steroid dienone is 3. The minimum atomic E-state index is -2.55. The first-order chi connectivity index (χ1) is 19.0. The Morgan fingerprint density at radius 1 is 0.975 bits per heavy atom. The van der Waals surface area contributed by atoms with Gasteiger partial charge in [-0.1, -0.05) is 45.1 Å². The van der Waals surface area contributed by atoms with Crippen LogP contribution in [0.1, 0.15) is 78.6 Å². The first-order valence-electron chi connectivity index (χ1n) is 14.8. The predicted molar refractivity (Wildman–Crippen MR) is 144 cm³/mol. The molecule has 0 aliphatic carbocycles. The van der Waals surface area contributed by atoms with Gasteiger partial charge in [-0.15, -0.1) is 0 Å². The standard InChI is InChI=1S/C30H46O10/c1-4-8-27(33)40-26-15-21-14-19(31)13-20(37-21)11-17(2)9-6-5-7-10-23-18(3)12-24(38-23)22(32)16-25-28(34)30(26,36)29(35)39-25/h5-7,9,17-26,28,31-32,34,36H,4,8,10-16H2,1-3H3/b7-5-,9-6-/t17-,18+,19-,20+,21+,22+,23+,24+,25+,26-,28-,30-/m0/s1. The van der Waals surface area contributed by atoms with Crippen LogP contribution in [0, 0.1) is 11.8 Å². The molecule has 4 aliphatic heterocycles. The lowest BCUT2D eigenvalue weighted by Crippen LogP contribution is -2.58. The molecule has 226 valence electrons. The quantitative estimate of drug-likeness (QED) is 0.374. The van der Waals surface area contributed by atoms with Crippen LogP contribution in [-0.4, -0.2) is 92.9 Å². The Balaban J connectivity index is 1.62. The van der Waals surface area contributed by atoms with Crippen LogP contribution in [0.5, 0.6) is 0 Å². The molecule has 6 bridgehead atoms. The fraction of sp³-hybridized carbons (Fsp3) is 0.800. The van der Waals surface area contributed by atoms with Crippen molar-refractivity contribution in [1.82, 2.24) is 0 Å². The van der Waals surface area contributed by atoms with Gasteiger partial charge in [-0.05, 0) is 50.4 Å². The third-order valence-electron chi connectivity index (χ3n) is 8.72. The highest BCUT2D eigenvalue weighted by molar-refractivity contribution is 5.84. The van der Waals surface area contributed by atoms with Crippen LogP contribution in [0.4, 0.5) is 0 Å². The van der Waals surface area contributed by atoms with Crippen LogP contribution in [0.15, 0.2) is 24.3 Å². The summed E-state index contributed by atoms with van der Waals surface area (Å²) in [5.74, 6) is -1.40. The lowest BCUT2D eigenvalue weighted by atomic mass is 9.83. The number of esters is 2. The molecule has 0 radical (unpaired) electrons. The van der Waals surface area contributed by atoms with Crippen molar-refractivity contribution in [3.05, 3.63) is 24.3 Å². The van der Waals surface area contributed by atoms with Crippen molar-refractivity contribution in [2.24, 2.45) is 11.8 Å². The molecule has 0 unspecified atom stereocenters. The Kier molecular flexibility index (Phi) is 10.5. The summed E-state index contributed by atoms with van der Waals surface area (Å²) in [6.45, 7) is 5.92. The zero-order valence-electron chi connectivity index (χ0n) is 23.8. The molecule has 0 saturated carbocycles. The molecule has 10 heteroatoms. The summed E-state index contributed by atoms with van der Waals surface area (Å²) < 4.78 is 23.4. The summed E-state index contributed by atoms with van der Waals surface area (Å²) in [4.78, 5) is 25.7. The van der Waals surface area contributed by atoms with E-state index in [0.29, 0.717) is 32.1 Å². The molecule has 10 nitrogen and oxygen atoms in total. The Bertz CT molecular complexity index is 935. The molecule has 4 rings (SSSR count). The lowest BCUT2D eigenvalue weighted by Gasteiger charge is -2.38. The third-order valence-corrected chi connectivity index (χ3v) is 8.72. The van der Waals surface area contributed by atoms with Crippen molar-refractivity contribution in [2.75, 3.05) is 0 Å². The predicted octanol–water partition coefficient (Wildman–Crippen LogP) is 2.10. The van der Waals surface area contributed by atoms with Gasteiger partial charge in [0.05, 0.1) is 36.6 Å². The number of rotatable bonds is 3. The van der Waals surface area contributed by atoms with Crippen LogP contribution in [0.2, 0.25) is 0 Å². The minimum Gasteiger partial charge on any atom is -0.458 e. The summed E-state index contributed by atoms with van der Waals surface area (Å²) >= 11 is 0. The van der Waals surface area contributed by atoms with Gasteiger partial charge in [-0.3, -0.25) is 4.79 Å². The number of fused-ring (bicyclic) bond motifs is 6. The molecule has 4 N–H and O–H groups in total. The number of hydrogen-bond acceptors (Lipinski definition) is 10. The van der Waals surface area contributed by atoms with Gasteiger partial charge >= 0.3 is 11.9 Å². The van der Waals surface area contributed by atoms with E-state index in [4.69, 9.17) is 18.9 Å². The Morgan fingerprint density at radius 2 is 1.70 bits per heavy atom. The van der Waals surface area contributed by atoms with E-state index in [1.165, 1.54) is 0 Å². The molecular weight excluding hydrogens is 520 g/mol. The normalized spacial score (nSPS) is 46.3. The molecule has 12 atom stereocenters. The van der Waals surface area contributed by atoms with Crippen LogP contribution in [0.3, 0.4) is 0 Å². The average Bonchev–Trinajstić information content (AvgIpc) is 3.35. The van der Waals surface area contributed by atoms with E-state index in [2.05, 4.69) is 19.9 Å². The molecule has 3 fully saturated rings. The van der Waals surface area contributed by atoms with E-state index in [9.17, 15) is 30.0 Å². The summed E-state index contributed by atoms with van der Waals surface area (Å²) in [6.07, 6.45) is 3.32. The molecule has 0 spiro atoms. The molecule has 0 amide bonds. The van der Waals surface area contributed by atoms with Crippen molar-refractivity contribution >= 4 is 11.9 Å². The summed E-state index contributed by atoms with van der Waals surface area (Å²) in [5, 5.41) is 44.4. The van der Waals surface area contributed by atoms with Gasteiger partial charge in [0.15, 0.2) is 0 Å². The van der Waals surface area contributed by atoms with Crippen molar-refractivity contribution in [2.45, 2.75) is 139 Å². The van der Waals surface area contributed by atoms with Gasteiger partial charge in [0.25, 0.3) is 0 Å². The van der Waals surface area contributed by atoms with Gasteiger partial charge < -0.3 is 39.4 Å². The second-order valence-corrected chi connectivity index (χ2v) is 12.2. The van der Waals surface area contributed by atoms with Crippen LogP contribution < -0.4 is 0 Å². The number of aliphatic hydroxyl groups is 4. The highest BCUT2D eigenvalue weighted by atomic mass is 16.6. The van der Waals surface area contributed by atoms with Gasteiger partial charge in [-0.2, -0.15) is 0 Å². The molecule has 0 aromatic heterocycles. The first kappa shape index (κ1) is 31.1. The maximum absolute atomic E-state index is 13.1. The highest BCUT2D eigenvalue weighted by Gasteiger charge is 2.63. The fourth-order valence-electron chi connectivity index (χ4n) is 6.46. The van der Waals surface area contributed by atoms with E-state index >= 15 is 0 Å². The average molecular weight is 567 g/mol. The van der Waals surface area contributed by atoms with Gasteiger partial charge in [-0.25, -0.2) is 4.79 Å². The van der Waals surface area contributed by atoms with E-state index in [1.807, 2.05) is 18.2 Å².